The first-order valence-electron chi connectivity index (χ1n) is 12.8. The van der Waals surface area contributed by atoms with Gasteiger partial charge < -0.3 is 9.47 Å². The molecule has 1 amide bonds. The molecule has 1 atom stereocenters. The first kappa shape index (κ1) is 27.2. The predicted octanol–water partition coefficient (Wildman–Crippen LogP) is 4.55. The zero-order valence-electron chi connectivity index (χ0n) is 22.6. The molecule has 5 aromatic rings. The van der Waals surface area contributed by atoms with Crippen LogP contribution in [0.15, 0.2) is 85.1 Å². The van der Waals surface area contributed by atoms with Crippen LogP contribution in [0.2, 0.25) is 0 Å². The summed E-state index contributed by atoms with van der Waals surface area (Å²) in [6.45, 7) is 2.14. The number of ether oxygens (including phenoxy) is 2. The molecule has 204 valence electrons. The van der Waals surface area contributed by atoms with Crippen LogP contribution in [0, 0.1) is 12.3 Å². The molecule has 3 aromatic heterocycles. The highest BCUT2D eigenvalue weighted by atomic mass is 16.5. The van der Waals surface area contributed by atoms with Crippen LogP contribution < -0.4 is 10.1 Å². The molecule has 0 fully saturated rings. The second-order valence-electron chi connectivity index (χ2n) is 9.07. The summed E-state index contributed by atoms with van der Waals surface area (Å²) in [5.74, 6) is 2.91. The number of aromatic nitrogens is 6. The minimum Gasteiger partial charge on any atom is -0.484 e. The van der Waals surface area contributed by atoms with Crippen molar-refractivity contribution in [2.45, 2.75) is 19.6 Å². The van der Waals surface area contributed by atoms with Gasteiger partial charge in [0, 0.05) is 18.2 Å². The zero-order valence-corrected chi connectivity index (χ0v) is 22.6. The molecule has 0 aliphatic rings. The number of pyridine rings is 1. The van der Waals surface area contributed by atoms with Crippen LogP contribution in [0.25, 0.3) is 22.6 Å². The number of nitrogens with zero attached hydrogens (tertiary/aromatic N) is 6. The van der Waals surface area contributed by atoms with Gasteiger partial charge in [0.2, 0.25) is 5.95 Å². The van der Waals surface area contributed by atoms with Gasteiger partial charge in [-0.25, -0.2) is 14.6 Å². The number of carbonyl (C=O) groups excluding carboxylic acids is 1. The van der Waals surface area contributed by atoms with Crippen molar-refractivity contribution in [1.29, 1.82) is 0 Å². The van der Waals surface area contributed by atoms with Crippen LogP contribution in [-0.2, 0) is 16.1 Å². The number of benzene rings is 2. The molecule has 0 radical (unpaired) electrons. The number of amides is 1. The van der Waals surface area contributed by atoms with E-state index in [1.54, 1.807) is 36.2 Å². The van der Waals surface area contributed by atoms with Crippen molar-refractivity contribution in [3.63, 3.8) is 0 Å². The van der Waals surface area contributed by atoms with Crippen molar-refractivity contribution in [3.05, 3.63) is 102 Å². The third kappa shape index (κ3) is 6.98. The van der Waals surface area contributed by atoms with Gasteiger partial charge in [0.1, 0.15) is 11.4 Å². The molecule has 10 nitrogen and oxygen atoms in total. The minimum atomic E-state index is -0.408. The molecular weight excluding hydrogens is 518 g/mol. The van der Waals surface area contributed by atoms with E-state index < -0.39 is 5.91 Å². The molecule has 0 aliphatic carbocycles. The molecular formula is C31H27N7O3. The van der Waals surface area contributed by atoms with Gasteiger partial charge >= 0.3 is 0 Å². The first-order valence-corrected chi connectivity index (χ1v) is 12.8. The highest BCUT2D eigenvalue weighted by molar-refractivity contribution is 5.90. The average Bonchev–Trinajstić information content (AvgIpc) is 3.48. The normalized spacial score (nSPS) is 11.4. The van der Waals surface area contributed by atoms with Crippen LogP contribution in [0.1, 0.15) is 30.0 Å². The fourth-order valence-electron chi connectivity index (χ4n) is 3.97. The van der Waals surface area contributed by atoms with Gasteiger partial charge in [-0.05, 0) is 49.4 Å². The second-order valence-corrected chi connectivity index (χ2v) is 9.07. The number of methoxy groups -OCH3 is 1. The number of hydrogen-bond acceptors (Lipinski definition) is 8. The summed E-state index contributed by atoms with van der Waals surface area (Å²) in [6.07, 6.45) is 7.25. The Labute approximate surface area is 237 Å². The summed E-state index contributed by atoms with van der Waals surface area (Å²) in [6, 6.07) is 24.0. The molecule has 2 aromatic carbocycles. The Bertz CT molecular complexity index is 1700. The van der Waals surface area contributed by atoms with Gasteiger partial charge in [0.05, 0.1) is 41.6 Å². The SMILES string of the molecule is C#Cc1cccc(-c2cc(-c3cn(Cc4cccc(C(C)OC)n4)nn3)nc(NC(=O)COc3ccccc3)n2)c1. The van der Waals surface area contributed by atoms with Gasteiger partial charge in [-0.3, -0.25) is 15.1 Å². The van der Waals surface area contributed by atoms with Gasteiger partial charge in [0.25, 0.3) is 5.91 Å². The van der Waals surface area contributed by atoms with Crippen molar-refractivity contribution in [1.82, 2.24) is 29.9 Å². The average molecular weight is 546 g/mol. The molecule has 10 heteroatoms. The zero-order chi connectivity index (χ0) is 28.6. The number of anilines is 1. The van der Waals surface area contributed by atoms with E-state index in [1.807, 2.05) is 67.6 Å². The lowest BCUT2D eigenvalue weighted by molar-refractivity contribution is -0.118. The molecule has 3 heterocycles. The fourth-order valence-corrected chi connectivity index (χ4v) is 3.97. The summed E-state index contributed by atoms with van der Waals surface area (Å²) >= 11 is 0. The van der Waals surface area contributed by atoms with Crippen LogP contribution in [0.5, 0.6) is 5.75 Å². The van der Waals surface area contributed by atoms with Crippen LogP contribution in [0.4, 0.5) is 5.95 Å². The van der Waals surface area contributed by atoms with Gasteiger partial charge in [-0.2, -0.15) is 0 Å². The Morgan fingerprint density at radius 3 is 2.59 bits per heavy atom. The van der Waals surface area contributed by atoms with Crippen molar-refractivity contribution in [3.8, 4) is 40.7 Å². The summed E-state index contributed by atoms with van der Waals surface area (Å²) < 4.78 is 12.6. The lowest BCUT2D eigenvalue weighted by Gasteiger charge is -2.10. The summed E-state index contributed by atoms with van der Waals surface area (Å²) in [7, 11) is 1.65. The number of terminal acetylenes is 1. The van der Waals surface area contributed by atoms with Crippen molar-refractivity contribution < 1.29 is 14.3 Å². The lowest BCUT2D eigenvalue weighted by Crippen LogP contribution is -2.21. The van der Waals surface area contributed by atoms with Gasteiger partial charge in [-0.15, -0.1) is 11.5 Å². The number of nitrogens with one attached hydrogen (secondary N) is 1. The van der Waals surface area contributed by atoms with E-state index in [2.05, 4.69) is 36.5 Å². The number of rotatable bonds is 10. The molecule has 1 N–H and O–H groups in total. The fraction of sp³-hybridized carbons (Fsp3) is 0.161. The largest absolute Gasteiger partial charge is 0.484 e. The Morgan fingerprint density at radius 2 is 1.78 bits per heavy atom. The lowest BCUT2D eigenvalue weighted by atomic mass is 10.1. The van der Waals surface area contributed by atoms with Crippen LogP contribution >= 0.6 is 0 Å². The number of carbonyl (C=O) groups is 1. The summed E-state index contributed by atoms with van der Waals surface area (Å²) in [5, 5.41) is 11.3. The topological polar surface area (TPSA) is 117 Å². The molecule has 0 bridgehead atoms. The van der Waals surface area contributed by atoms with E-state index in [4.69, 9.17) is 15.9 Å². The Kier molecular flexibility index (Phi) is 8.38. The second kappa shape index (κ2) is 12.6. The molecule has 1 unspecified atom stereocenters. The van der Waals surface area contributed by atoms with Crippen molar-refractivity contribution in [2.24, 2.45) is 0 Å². The van der Waals surface area contributed by atoms with Gasteiger partial charge in [0.15, 0.2) is 6.61 Å². The number of para-hydroxylation sites is 1. The highest BCUT2D eigenvalue weighted by Crippen LogP contribution is 2.25. The van der Waals surface area contributed by atoms with Gasteiger partial charge in [-0.1, -0.05) is 47.5 Å². The van der Waals surface area contributed by atoms with Crippen molar-refractivity contribution in [2.75, 3.05) is 19.0 Å². The third-order valence-corrected chi connectivity index (χ3v) is 6.14. The molecule has 0 saturated heterocycles. The molecule has 41 heavy (non-hydrogen) atoms. The monoisotopic (exact) mass is 545 g/mol. The predicted molar refractivity (Wildman–Crippen MR) is 154 cm³/mol. The van der Waals surface area contributed by atoms with Crippen molar-refractivity contribution >= 4 is 11.9 Å². The first-order chi connectivity index (χ1) is 20.0. The Hall–Kier alpha value is -5.40. The maximum atomic E-state index is 12.7. The van der Waals surface area contributed by atoms with E-state index in [-0.39, 0.29) is 18.7 Å². The summed E-state index contributed by atoms with van der Waals surface area (Å²) in [4.78, 5) is 26.5. The minimum absolute atomic E-state index is 0.0998. The van der Waals surface area contributed by atoms with E-state index >= 15 is 0 Å². The maximum Gasteiger partial charge on any atom is 0.264 e. The van der Waals surface area contributed by atoms with E-state index in [9.17, 15) is 4.79 Å². The molecule has 0 aliphatic heterocycles. The van der Waals surface area contributed by atoms with Crippen LogP contribution in [0.3, 0.4) is 0 Å². The molecule has 0 spiro atoms. The summed E-state index contributed by atoms with van der Waals surface area (Å²) in [5.41, 5.74) is 4.64. The maximum absolute atomic E-state index is 12.7. The van der Waals surface area contributed by atoms with Crippen LogP contribution in [-0.4, -0.2) is 49.6 Å². The molecule has 0 saturated carbocycles. The third-order valence-electron chi connectivity index (χ3n) is 6.14. The smallest absolute Gasteiger partial charge is 0.264 e. The standard InChI is InChI=1S/C31H27N7O3/c1-4-22-10-8-11-23(16-22)27-17-28(34-31(33-27)35-30(39)20-41-25-13-6-5-7-14-25)29-19-38(37-36-29)18-24-12-9-15-26(32-24)21(2)40-3/h1,5-17,19,21H,18,20H2,2-3H3,(H,33,34,35,39). The van der Waals surface area contributed by atoms with E-state index in [1.165, 1.54) is 0 Å². The highest BCUT2D eigenvalue weighted by Gasteiger charge is 2.15. The quantitative estimate of drug-likeness (QED) is 0.254. The number of hydrogen-bond donors (Lipinski definition) is 1. The Morgan fingerprint density at radius 1 is 0.976 bits per heavy atom. The Balaban J connectivity index is 1.41. The van der Waals surface area contributed by atoms with E-state index in [0.717, 1.165) is 17.0 Å². The molecule has 5 rings (SSSR count). The van der Waals surface area contributed by atoms with E-state index in [0.29, 0.717) is 34.9 Å².